The second kappa shape index (κ2) is 8.06. The van der Waals surface area contributed by atoms with Gasteiger partial charge < -0.3 is 10.2 Å². The molecule has 1 N–H and O–H groups in total. The van der Waals surface area contributed by atoms with Crippen LogP contribution in [0.1, 0.15) is 40.0 Å². The minimum absolute atomic E-state index is 0.632. The lowest BCUT2D eigenvalue weighted by Gasteiger charge is -2.38. The predicted octanol–water partition coefficient (Wildman–Crippen LogP) is 1.79. The Kier molecular flexibility index (Phi) is 7.09. The van der Waals surface area contributed by atoms with Crippen molar-refractivity contribution in [2.45, 2.75) is 52.1 Å². The van der Waals surface area contributed by atoms with Crippen LogP contribution in [0.5, 0.6) is 0 Å². The van der Waals surface area contributed by atoms with Gasteiger partial charge in [0.15, 0.2) is 0 Å². The summed E-state index contributed by atoms with van der Waals surface area (Å²) in [4.78, 5) is 5.09. The van der Waals surface area contributed by atoms with Crippen LogP contribution in [0.25, 0.3) is 0 Å². The molecular formula is C14H31N3. The standard InChI is InChI=1S/C14H31N3/c1-13(2)15-8-6-5-7-9-17-11-10-16(4)12-14(17)3/h13-15H,5-12H2,1-4H3. The lowest BCUT2D eigenvalue weighted by atomic mass is 10.1. The molecule has 3 nitrogen and oxygen atoms in total. The third-order valence-electron chi connectivity index (χ3n) is 3.64. The summed E-state index contributed by atoms with van der Waals surface area (Å²) in [5.41, 5.74) is 0. The van der Waals surface area contributed by atoms with E-state index in [0.717, 1.165) is 6.04 Å². The van der Waals surface area contributed by atoms with Crippen molar-refractivity contribution in [1.29, 1.82) is 0 Å². The largest absolute Gasteiger partial charge is 0.315 e. The minimum atomic E-state index is 0.632. The van der Waals surface area contributed by atoms with Gasteiger partial charge in [0.1, 0.15) is 0 Å². The van der Waals surface area contributed by atoms with Gasteiger partial charge in [0.25, 0.3) is 0 Å². The van der Waals surface area contributed by atoms with E-state index in [1.807, 2.05) is 0 Å². The van der Waals surface area contributed by atoms with Gasteiger partial charge in [-0.3, -0.25) is 4.90 Å². The van der Waals surface area contributed by atoms with Gasteiger partial charge in [-0.1, -0.05) is 20.3 Å². The number of rotatable bonds is 7. The Morgan fingerprint density at radius 3 is 2.59 bits per heavy atom. The molecule has 0 saturated carbocycles. The predicted molar refractivity (Wildman–Crippen MR) is 75.5 cm³/mol. The van der Waals surface area contributed by atoms with Crippen LogP contribution in [-0.4, -0.2) is 61.7 Å². The number of piperazine rings is 1. The summed E-state index contributed by atoms with van der Waals surface area (Å²) < 4.78 is 0. The van der Waals surface area contributed by atoms with Crippen molar-refractivity contribution in [3.8, 4) is 0 Å². The average Bonchev–Trinajstić information content (AvgIpc) is 2.25. The van der Waals surface area contributed by atoms with Gasteiger partial charge in [-0.15, -0.1) is 0 Å². The molecule has 0 aromatic carbocycles. The van der Waals surface area contributed by atoms with Crippen molar-refractivity contribution in [3.63, 3.8) is 0 Å². The van der Waals surface area contributed by atoms with Gasteiger partial charge in [-0.2, -0.15) is 0 Å². The second-order valence-electron chi connectivity index (χ2n) is 5.82. The molecule has 1 fully saturated rings. The number of nitrogens with one attached hydrogen (secondary N) is 1. The molecule has 17 heavy (non-hydrogen) atoms. The average molecular weight is 241 g/mol. The molecule has 0 aromatic rings. The van der Waals surface area contributed by atoms with Gasteiger partial charge in [0.2, 0.25) is 0 Å². The first-order valence-electron chi connectivity index (χ1n) is 7.25. The van der Waals surface area contributed by atoms with Crippen LogP contribution < -0.4 is 5.32 Å². The lowest BCUT2D eigenvalue weighted by molar-refractivity contribution is 0.0984. The molecule has 3 heteroatoms. The zero-order valence-electron chi connectivity index (χ0n) is 12.2. The molecule has 1 aliphatic rings. The second-order valence-corrected chi connectivity index (χ2v) is 5.82. The molecular weight excluding hydrogens is 210 g/mol. The first-order chi connectivity index (χ1) is 8.09. The maximum atomic E-state index is 3.48. The van der Waals surface area contributed by atoms with Gasteiger partial charge >= 0.3 is 0 Å². The van der Waals surface area contributed by atoms with Crippen molar-refractivity contribution in [3.05, 3.63) is 0 Å². The van der Waals surface area contributed by atoms with E-state index in [9.17, 15) is 0 Å². The number of nitrogens with zero attached hydrogens (tertiary/aromatic N) is 2. The third-order valence-corrected chi connectivity index (χ3v) is 3.64. The van der Waals surface area contributed by atoms with E-state index in [4.69, 9.17) is 0 Å². The fourth-order valence-corrected chi connectivity index (χ4v) is 2.52. The van der Waals surface area contributed by atoms with E-state index >= 15 is 0 Å². The number of hydrogen-bond donors (Lipinski definition) is 1. The zero-order valence-corrected chi connectivity index (χ0v) is 12.2. The van der Waals surface area contributed by atoms with Gasteiger partial charge in [-0.05, 0) is 39.9 Å². The molecule has 1 heterocycles. The van der Waals surface area contributed by atoms with E-state index in [-0.39, 0.29) is 0 Å². The Balaban J connectivity index is 1.99. The number of likely N-dealkylation sites (N-methyl/N-ethyl adjacent to an activating group) is 1. The summed E-state index contributed by atoms with van der Waals surface area (Å²) >= 11 is 0. The van der Waals surface area contributed by atoms with Crippen LogP contribution >= 0.6 is 0 Å². The van der Waals surface area contributed by atoms with Crippen LogP contribution in [0.15, 0.2) is 0 Å². The quantitative estimate of drug-likeness (QED) is 0.686. The van der Waals surface area contributed by atoms with E-state index in [2.05, 4.69) is 42.9 Å². The molecule has 0 aromatic heterocycles. The van der Waals surface area contributed by atoms with Gasteiger partial charge in [0, 0.05) is 31.7 Å². The smallest absolute Gasteiger partial charge is 0.0195 e. The van der Waals surface area contributed by atoms with Crippen LogP contribution in [0.3, 0.4) is 0 Å². The highest BCUT2D eigenvalue weighted by atomic mass is 15.3. The molecule has 0 bridgehead atoms. The molecule has 0 radical (unpaired) electrons. The maximum absolute atomic E-state index is 3.48. The Hall–Kier alpha value is -0.120. The summed E-state index contributed by atoms with van der Waals surface area (Å²) in [7, 11) is 2.23. The third kappa shape index (κ3) is 6.39. The summed E-state index contributed by atoms with van der Waals surface area (Å²) in [5, 5.41) is 3.48. The highest BCUT2D eigenvalue weighted by Gasteiger charge is 2.20. The van der Waals surface area contributed by atoms with Gasteiger partial charge in [-0.25, -0.2) is 0 Å². The topological polar surface area (TPSA) is 18.5 Å². The summed E-state index contributed by atoms with van der Waals surface area (Å²) in [5.74, 6) is 0. The van der Waals surface area contributed by atoms with E-state index in [1.165, 1.54) is 52.0 Å². The number of hydrogen-bond acceptors (Lipinski definition) is 3. The molecule has 1 saturated heterocycles. The van der Waals surface area contributed by atoms with E-state index < -0.39 is 0 Å². The normalized spacial score (nSPS) is 23.5. The molecule has 0 spiro atoms. The summed E-state index contributed by atoms with van der Waals surface area (Å²) in [6.45, 7) is 13.0. The molecule has 1 unspecified atom stereocenters. The Morgan fingerprint density at radius 1 is 1.18 bits per heavy atom. The fraction of sp³-hybridized carbons (Fsp3) is 1.00. The maximum Gasteiger partial charge on any atom is 0.0195 e. The molecule has 1 aliphatic heterocycles. The molecule has 0 amide bonds. The lowest BCUT2D eigenvalue weighted by Crippen LogP contribution is -2.50. The Morgan fingerprint density at radius 2 is 1.94 bits per heavy atom. The first-order valence-corrected chi connectivity index (χ1v) is 7.25. The first kappa shape index (κ1) is 14.9. The van der Waals surface area contributed by atoms with Crippen molar-refractivity contribution >= 4 is 0 Å². The van der Waals surface area contributed by atoms with Crippen molar-refractivity contribution in [2.75, 3.05) is 39.8 Å². The van der Waals surface area contributed by atoms with Crippen molar-refractivity contribution < 1.29 is 0 Å². The number of unbranched alkanes of at least 4 members (excludes halogenated alkanes) is 2. The summed E-state index contributed by atoms with van der Waals surface area (Å²) in [6.07, 6.45) is 4.03. The minimum Gasteiger partial charge on any atom is -0.315 e. The molecule has 1 atom stereocenters. The van der Waals surface area contributed by atoms with Gasteiger partial charge in [0.05, 0.1) is 0 Å². The summed E-state index contributed by atoms with van der Waals surface area (Å²) in [6, 6.07) is 1.37. The fourth-order valence-electron chi connectivity index (χ4n) is 2.52. The van der Waals surface area contributed by atoms with E-state index in [0.29, 0.717) is 6.04 Å². The Labute approximate surface area is 108 Å². The highest BCUT2D eigenvalue weighted by molar-refractivity contribution is 4.76. The van der Waals surface area contributed by atoms with E-state index in [1.54, 1.807) is 0 Å². The molecule has 102 valence electrons. The highest BCUT2D eigenvalue weighted by Crippen LogP contribution is 2.09. The van der Waals surface area contributed by atoms with Crippen molar-refractivity contribution in [2.24, 2.45) is 0 Å². The molecule has 0 aliphatic carbocycles. The van der Waals surface area contributed by atoms with Crippen LogP contribution in [-0.2, 0) is 0 Å². The van der Waals surface area contributed by atoms with Crippen molar-refractivity contribution in [1.82, 2.24) is 15.1 Å². The Bertz CT molecular complexity index is 194. The van der Waals surface area contributed by atoms with Crippen LogP contribution in [0.4, 0.5) is 0 Å². The van der Waals surface area contributed by atoms with Crippen LogP contribution in [0.2, 0.25) is 0 Å². The zero-order chi connectivity index (χ0) is 12.7. The SMILES string of the molecule is CC(C)NCCCCCN1CCN(C)CC1C. The van der Waals surface area contributed by atoms with Crippen LogP contribution in [0, 0.1) is 0 Å². The molecule has 1 rings (SSSR count). The monoisotopic (exact) mass is 241 g/mol.